The molecule has 0 aromatic heterocycles. The average molecular weight is 188 g/mol. The maximum absolute atomic E-state index is 9.67. The normalized spacial score (nSPS) is 16.6. The zero-order valence-corrected chi connectivity index (χ0v) is 8.89. The standard InChI is InChI=1S/C5H12O.C4H8N2O/c1-5(2,3)6-4;7-3-6-4-1-5-2-4/h1-4H3;3-5H,1-2H2,(H,6,7). The van der Waals surface area contributed by atoms with Crippen molar-refractivity contribution in [3.8, 4) is 0 Å². The summed E-state index contributed by atoms with van der Waals surface area (Å²) in [7, 11) is 1.71. The van der Waals surface area contributed by atoms with E-state index in [4.69, 9.17) is 4.74 Å². The first-order chi connectivity index (χ1) is 5.99. The minimum atomic E-state index is 0.0417. The first-order valence-electron chi connectivity index (χ1n) is 4.45. The van der Waals surface area contributed by atoms with Crippen LogP contribution in [0.2, 0.25) is 0 Å². The van der Waals surface area contributed by atoms with Gasteiger partial charge in [0.15, 0.2) is 0 Å². The number of carbonyl (C=O) groups excluding carboxylic acids is 1. The Kier molecular flexibility index (Phi) is 5.66. The molecule has 0 aromatic carbocycles. The highest BCUT2D eigenvalue weighted by Gasteiger charge is 2.13. The summed E-state index contributed by atoms with van der Waals surface area (Å²) in [6.45, 7) is 7.92. The number of methoxy groups -OCH3 is 1. The highest BCUT2D eigenvalue weighted by molar-refractivity contribution is 5.47. The maximum atomic E-state index is 9.67. The molecule has 78 valence electrons. The van der Waals surface area contributed by atoms with Crippen LogP contribution in [-0.4, -0.2) is 38.3 Å². The molecule has 1 amide bonds. The van der Waals surface area contributed by atoms with E-state index >= 15 is 0 Å². The van der Waals surface area contributed by atoms with Gasteiger partial charge in [-0.3, -0.25) is 4.79 Å². The first kappa shape index (κ1) is 12.4. The lowest BCUT2D eigenvalue weighted by molar-refractivity contribution is -0.110. The number of nitrogens with one attached hydrogen (secondary N) is 2. The number of ether oxygens (including phenoxy) is 1. The largest absolute Gasteiger partial charge is 0.379 e. The predicted octanol–water partition coefficient (Wildman–Crippen LogP) is 0.136. The highest BCUT2D eigenvalue weighted by Crippen LogP contribution is 2.02. The zero-order valence-electron chi connectivity index (χ0n) is 8.89. The van der Waals surface area contributed by atoms with Crippen LogP contribution in [0.25, 0.3) is 0 Å². The summed E-state index contributed by atoms with van der Waals surface area (Å²) in [5.41, 5.74) is 0.0417. The van der Waals surface area contributed by atoms with Crippen LogP contribution in [0.5, 0.6) is 0 Å². The maximum Gasteiger partial charge on any atom is 0.207 e. The van der Waals surface area contributed by atoms with E-state index in [2.05, 4.69) is 10.6 Å². The minimum absolute atomic E-state index is 0.0417. The molecule has 4 nitrogen and oxygen atoms in total. The molecule has 0 saturated carbocycles. The quantitative estimate of drug-likeness (QED) is 0.606. The van der Waals surface area contributed by atoms with Gasteiger partial charge in [0, 0.05) is 20.2 Å². The number of amides is 1. The van der Waals surface area contributed by atoms with E-state index in [1.54, 1.807) is 7.11 Å². The second-order valence-electron chi connectivity index (χ2n) is 3.96. The van der Waals surface area contributed by atoms with Gasteiger partial charge in [-0.05, 0) is 20.8 Å². The van der Waals surface area contributed by atoms with Crippen LogP contribution in [0.3, 0.4) is 0 Å². The molecule has 1 aliphatic rings. The van der Waals surface area contributed by atoms with E-state index in [1.165, 1.54) is 0 Å². The fraction of sp³-hybridized carbons (Fsp3) is 0.889. The predicted molar refractivity (Wildman–Crippen MR) is 52.6 cm³/mol. The number of hydrogen-bond acceptors (Lipinski definition) is 3. The average Bonchev–Trinajstić information content (AvgIpc) is 1.97. The van der Waals surface area contributed by atoms with Gasteiger partial charge in [0.05, 0.1) is 11.6 Å². The topological polar surface area (TPSA) is 50.4 Å². The van der Waals surface area contributed by atoms with Gasteiger partial charge in [0.2, 0.25) is 6.41 Å². The Morgan fingerprint density at radius 1 is 1.46 bits per heavy atom. The van der Waals surface area contributed by atoms with Crippen molar-refractivity contribution >= 4 is 6.41 Å². The zero-order chi connectivity index (χ0) is 10.3. The Morgan fingerprint density at radius 2 is 1.92 bits per heavy atom. The molecule has 13 heavy (non-hydrogen) atoms. The molecule has 1 heterocycles. The van der Waals surface area contributed by atoms with Crippen molar-refractivity contribution < 1.29 is 9.53 Å². The lowest BCUT2D eigenvalue weighted by Gasteiger charge is -2.25. The molecule has 1 rings (SSSR count). The van der Waals surface area contributed by atoms with Crippen molar-refractivity contribution in [2.75, 3.05) is 20.2 Å². The second-order valence-corrected chi connectivity index (χ2v) is 3.96. The summed E-state index contributed by atoms with van der Waals surface area (Å²) in [6.07, 6.45) is 0.742. The molecule has 0 bridgehead atoms. The molecule has 0 aromatic rings. The second kappa shape index (κ2) is 5.94. The Balaban J connectivity index is 0.000000226. The molecule has 1 aliphatic heterocycles. The Bertz CT molecular complexity index is 139. The van der Waals surface area contributed by atoms with E-state index < -0.39 is 0 Å². The first-order valence-corrected chi connectivity index (χ1v) is 4.45. The number of rotatable bonds is 2. The molecule has 1 saturated heterocycles. The summed E-state index contributed by atoms with van der Waals surface area (Å²) in [4.78, 5) is 9.67. The van der Waals surface area contributed by atoms with Crippen LogP contribution in [0.15, 0.2) is 0 Å². The molecule has 2 N–H and O–H groups in total. The van der Waals surface area contributed by atoms with E-state index in [0.29, 0.717) is 6.04 Å². The van der Waals surface area contributed by atoms with Crippen molar-refractivity contribution in [3.63, 3.8) is 0 Å². The SMILES string of the molecule is COC(C)(C)C.O=CNC1CNC1. The number of hydrogen-bond donors (Lipinski definition) is 2. The molecule has 0 spiro atoms. The summed E-state index contributed by atoms with van der Waals surface area (Å²) in [6, 6.07) is 0.400. The van der Waals surface area contributed by atoms with E-state index in [-0.39, 0.29) is 5.60 Å². The van der Waals surface area contributed by atoms with Crippen LogP contribution in [0, 0.1) is 0 Å². The van der Waals surface area contributed by atoms with E-state index in [1.807, 2.05) is 20.8 Å². The Morgan fingerprint density at radius 3 is 2.00 bits per heavy atom. The summed E-state index contributed by atoms with van der Waals surface area (Å²) < 4.78 is 4.94. The molecule has 0 radical (unpaired) electrons. The lowest BCUT2D eigenvalue weighted by Crippen LogP contribution is -2.54. The van der Waals surface area contributed by atoms with Crippen LogP contribution in [0.1, 0.15) is 20.8 Å². The number of carbonyl (C=O) groups is 1. The molecule has 0 aliphatic carbocycles. The van der Waals surface area contributed by atoms with E-state index in [9.17, 15) is 4.79 Å². The van der Waals surface area contributed by atoms with Gasteiger partial charge in [-0.15, -0.1) is 0 Å². The third-order valence-electron chi connectivity index (χ3n) is 1.70. The van der Waals surface area contributed by atoms with Crippen LogP contribution in [0.4, 0.5) is 0 Å². The van der Waals surface area contributed by atoms with Crippen LogP contribution in [-0.2, 0) is 9.53 Å². The highest BCUT2D eigenvalue weighted by atomic mass is 16.5. The smallest absolute Gasteiger partial charge is 0.207 e. The van der Waals surface area contributed by atoms with Crippen LogP contribution >= 0.6 is 0 Å². The summed E-state index contributed by atoms with van der Waals surface area (Å²) >= 11 is 0. The van der Waals surface area contributed by atoms with E-state index in [0.717, 1.165) is 19.5 Å². The summed E-state index contributed by atoms with van der Waals surface area (Å²) in [5.74, 6) is 0. The molecule has 1 fully saturated rings. The van der Waals surface area contributed by atoms with Crippen molar-refractivity contribution in [1.82, 2.24) is 10.6 Å². The van der Waals surface area contributed by atoms with Gasteiger partial charge in [0.1, 0.15) is 0 Å². The van der Waals surface area contributed by atoms with Gasteiger partial charge in [0.25, 0.3) is 0 Å². The molecule has 0 unspecified atom stereocenters. The van der Waals surface area contributed by atoms with Crippen molar-refractivity contribution in [3.05, 3.63) is 0 Å². The van der Waals surface area contributed by atoms with Gasteiger partial charge in [-0.2, -0.15) is 0 Å². The molecular weight excluding hydrogens is 168 g/mol. The minimum Gasteiger partial charge on any atom is -0.379 e. The Labute approximate surface area is 80.0 Å². The van der Waals surface area contributed by atoms with Crippen molar-refractivity contribution in [2.24, 2.45) is 0 Å². The fourth-order valence-electron chi connectivity index (χ4n) is 0.503. The third-order valence-corrected chi connectivity index (χ3v) is 1.70. The fourth-order valence-corrected chi connectivity index (χ4v) is 0.503. The van der Waals surface area contributed by atoms with Gasteiger partial charge < -0.3 is 15.4 Å². The van der Waals surface area contributed by atoms with Crippen LogP contribution < -0.4 is 10.6 Å². The van der Waals surface area contributed by atoms with Gasteiger partial charge in [-0.25, -0.2) is 0 Å². The third kappa shape index (κ3) is 7.74. The molecule has 0 atom stereocenters. The summed E-state index contributed by atoms with van der Waals surface area (Å²) in [5, 5.41) is 5.66. The van der Waals surface area contributed by atoms with Crippen molar-refractivity contribution in [2.45, 2.75) is 32.4 Å². The molecular formula is C9H20N2O2. The van der Waals surface area contributed by atoms with Crippen molar-refractivity contribution in [1.29, 1.82) is 0 Å². The Hall–Kier alpha value is -0.610. The van der Waals surface area contributed by atoms with Gasteiger partial charge in [-0.1, -0.05) is 0 Å². The van der Waals surface area contributed by atoms with Gasteiger partial charge >= 0.3 is 0 Å². The molecule has 4 heteroatoms. The lowest BCUT2D eigenvalue weighted by atomic mass is 10.2. The monoisotopic (exact) mass is 188 g/mol.